The molecule has 0 unspecified atom stereocenters. The molecular formula is C23H22FN3O2. The van der Waals surface area contributed by atoms with Crippen molar-refractivity contribution >= 4 is 5.91 Å². The van der Waals surface area contributed by atoms with Gasteiger partial charge in [0.15, 0.2) is 0 Å². The Kier molecular flexibility index (Phi) is 5.53. The fourth-order valence-electron chi connectivity index (χ4n) is 3.22. The molecule has 6 heteroatoms. The number of carbonyl (C=O) groups excluding carboxylic acids is 1. The maximum absolute atomic E-state index is 13.0. The van der Waals surface area contributed by atoms with Gasteiger partial charge < -0.3 is 14.5 Å². The van der Waals surface area contributed by atoms with Crippen molar-refractivity contribution < 1.29 is 13.9 Å². The fraction of sp³-hybridized carbons (Fsp3) is 0.217. The van der Waals surface area contributed by atoms with E-state index in [1.807, 2.05) is 41.3 Å². The lowest BCUT2D eigenvalue weighted by Crippen LogP contribution is -2.47. The summed E-state index contributed by atoms with van der Waals surface area (Å²) in [6.07, 6.45) is 0. The molecule has 1 amide bonds. The van der Waals surface area contributed by atoms with Crippen molar-refractivity contribution in [2.24, 2.45) is 0 Å². The highest BCUT2D eigenvalue weighted by Gasteiger charge is 2.21. The minimum absolute atomic E-state index is 0.0313. The molecule has 4 rings (SSSR count). The van der Waals surface area contributed by atoms with Gasteiger partial charge in [0, 0.05) is 31.7 Å². The number of halogens is 1. The summed E-state index contributed by atoms with van der Waals surface area (Å²) in [7, 11) is 2.06. The number of ether oxygens (including phenoxy) is 1. The number of likely N-dealkylation sites (N-methyl/N-ethyl adjacent to an activating group) is 1. The summed E-state index contributed by atoms with van der Waals surface area (Å²) >= 11 is 0. The zero-order chi connectivity index (χ0) is 20.2. The SMILES string of the molecule is CN1CCN(C(=O)c2cccc(-c3ccc(Oc4ccc(F)cc4)cc3)n2)CC1. The molecule has 1 fully saturated rings. The van der Waals surface area contributed by atoms with E-state index in [9.17, 15) is 9.18 Å². The summed E-state index contributed by atoms with van der Waals surface area (Å²) in [6.45, 7) is 3.19. The second-order valence-corrected chi connectivity index (χ2v) is 7.08. The third-order valence-electron chi connectivity index (χ3n) is 4.96. The lowest BCUT2D eigenvalue weighted by molar-refractivity contribution is 0.0658. The van der Waals surface area contributed by atoms with Crippen LogP contribution in [0.2, 0.25) is 0 Å². The first-order valence-electron chi connectivity index (χ1n) is 9.57. The van der Waals surface area contributed by atoms with E-state index < -0.39 is 0 Å². The highest BCUT2D eigenvalue weighted by atomic mass is 19.1. The van der Waals surface area contributed by atoms with Gasteiger partial charge >= 0.3 is 0 Å². The molecule has 3 aromatic rings. The van der Waals surface area contributed by atoms with Crippen molar-refractivity contribution in [2.75, 3.05) is 33.2 Å². The van der Waals surface area contributed by atoms with Crippen LogP contribution in [0.25, 0.3) is 11.3 Å². The molecule has 0 aliphatic carbocycles. The van der Waals surface area contributed by atoms with E-state index in [1.54, 1.807) is 18.2 Å². The highest BCUT2D eigenvalue weighted by molar-refractivity contribution is 5.93. The van der Waals surface area contributed by atoms with E-state index >= 15 is 0 Å². The number of carbonyl (C=O) groups is 1. The molecule has 148 valence electrons. The van der Waals surface area contributed by atoms with Crippen LogP contribution in [0, 0.1) is 5.82 Å². The smallest absolute Gasteiger partial charge is 0.272 e. The number of benzene rings is 2. The Hall–Kier alpha value is -3.25. The van der Waals surface area contributed by atoms with Gasteiger partial charge in [0.1, 0.15) is 23.0 Å². The largest absolute Gasteiger partial charge is 0.457 e. The minimum Gasteiger partial charge on any atom is -0.457 e. The van der Waals surface area contributed by atoms with Crippen molar-refractivity contribution in [1.82, 2.24) is 14.8 Å². The first kappa shape index (κ1) is 19.1. The topological polar surface area (TPSA) is 45.7 Å². The summed E-state index contributed by atoms with van der Waals surface area (Å²) in [4.78, 5) is 21.4. The highest BCUT2D eigenvalue weighted by Crippen LogP contribution is 2.25. The number of hydrogen-bond acceptors (Lipinski definition) is 4. The monoisotopic (exact) mass is 391 g/mol. The van der Waals surface area contributed by atoms with Gasteiger partial charge in [-0.2, -0.15) is 0 Å². The molecule has 0 N–H and O–H groups in total. The predicted molar refractivity (Wildman–Crippen MR) is 110 cm³/mol. The summed E-state index contributed by atoms with van der Waals surface area (Å²) in [5.41, 5.74) is 2.08. The Morgan fingerprint density at radius 1 is 0.897 bits per heavy atom. The van der Waals surface area contributed by atoms with Gasteiger partial charge in [-0.15, -0.1) is 0 Å². The zero-order valence-electron chi connectivity index (χ0n) is 16.2. The summed E-state index contributed by atoms with van der Waals surface area (Å²) in [5.74, 6) is 0.878. The zero-order valence-corrected chi connectivity index (χ0v) is 16.2. The lowest BCUT2D eigenvalue weighted by atomic mass is 10.1. The average Bonchev–Trinajstić information content (AvgIpc) is 2.76. The molecule has 1 aromatic heterocycles. The Balaban J connectivity index is 1.47. The molecule has 1 aliphatic heterocycles. The van der Waals surface area contributed by atoms with Crippen LogP contribution in [0.15, 0.2) is 66.7 Å². The molecule has 2 aromatic carbocycles. The first-order valence-corrected chi connectivity index (χ1v) is 9.57. The van der Waals surface area contributed by atoms with Gasteiger partial charge in [-0.05, 0) is 67.7 Å². The molecular weight excluding hydrogens is 369 g/mol. The quantitative estimate of drug-likeness (QED) is 0.673. The van der Waals surface area contributed by atoms with Crippen LogP contribution >= 0.6 is 0 Å². The van der Waals surface area contributed by atoms with Gasteiger partial charge in [-0.1, -0.05) is 6.07 Å². The third-order valence-corrected chi connectivity index (χ3v) is 4.96. The molecule has 1 aliphatic rings. The first-order chi connectivity index (χ1) is 14.1. The second-order valence-electron chi connectivity index (χ2n) is 7.08. The van der Waals surface area contributed by atoms with Crippen LogP contribution in [0.3, 0.4) is 0 Å². The molecule has 0 radical (unpaired) electrons. The van der Waals surface area contributed by atoms with Crippen LogP contribution in [0.5, 0.6) is 11.5 Å². The van der Waals surface area contributed by atoms with E-state index in [2.05, 4.69) is 16.9 Å². The van der Waals surface area contributed by atoms with Crippen LogP contribution < -0.4 is 4.74 Å². The molecule has 2 heterocycles. The Labute approximate surface area is 169 Å². The predicted octanol–water partition coefficient (Wildman–Crippen LogP) is 4.07. The van der Waals surface area contributed by atoms with E-state index in [1.165, 1.54) is 12.1 Å². The number of rotatable bonds is 4. The van der Waals surface area contributed by atoms with Crippen LogP contribution in [-0.4, -0.2) is 53.9 Å². The number of piperazine rings is 1. The molecule has 0 saturated carbocycles. The molecule has 29 heavy (non-hydrogen) atoms. The maximum Gasteiger partial charge on any atom is 0.272 e. The van der Waals surface area contributed by atoms with Gasteiger partial charge in [0.25, 0.3) is 5.91 Å². The lowest BCUT2D eigenvalue weighted by Gasteiger charge is -2.32. The second kappa shape index (κ2) is 8.41. The van der Waals surface area contributed by atoms with Crippen molar-refractivity contribution in [3.63, 3.8) is 0 Å². The van der Waals surface area contributed by atoms with Crippen molar-refractivity contribution in [3.8, 4) is 22.8 Å². The number of amides is 1. The average molecular weight is 391 g/mol. The third kappa shape index (κ3) is 4.60. The van der Waals surface area contributed by atoms with E-state index in [0.717, 1.165) is 37.4 Å². The van der Waals surface area contributed by atoms with Crippen molar-refractivity contribution in [3.05, 3.63) is 78.2 Å². The van der Waals surface area contributed by atoms with Crippen LogP contribution in [0.4, 0.5) is 4.39 Å². The Morgan fingerprint density at radius 3 is 2.17 bits per heavy atom. The van der Waals surface area contributed by atoms with E-state index in [-0.39, 0.29) is 11.7 Å². The van der Waals surface area contributed by atoms with Crippen molar-refractivity contribution in [2.45, 2.75) is 0 Å². The normalized spacial score (nSPS) is 14.6. The summed E-state index contributed by atoms with van der Waals surface area (Å²) in [6, 6.07) is 18.8. The fourth-order valence-corrected chi connectivity index (χ4v) is 3.22. The number of nitrogens with zero attached hydrogens (tertiary/aromatic N) is 3. The Bertz CT molecular complexity index is 982. The van der Waals surface area contributed by atoms with Crippen LogP contribution in [0.1, 0.15) is 10.5 Å². The van der Waals surface area contributed by atoms with Crippen LogP contribution in [-0.2, 0) is 0 Å². The molecule has 0 spiro atoms. The molecule has 0 atom stereocenters. The van der Waals surface area contributed by atoms with Gasteiger partial charge in [0.2, 0.25) is 0 Å². The molecule has 5 nitrogen and oxygen atoms in total. The summed E-state index contributed by atoms with van der Waals surface area (Å²) in [5, 5.41) is 0. The molecule has 1 saturated heterocycles. The van der Waals surface area contributed by atoms with Gasteiger partial charge in [-0.25, -0.2) is 9.37 Å². The Morgan fingerprint density at radius 2 is 1.52 bits per heavy atom. The maximum atomic E-state index is 13.0. The van der Waals surface area contributed by atoms with Gasteiger partial charge in [0.05, 0.1) is 5.69 Å². The van der Waals surface area contributed by atoms with E-state index in [4.69, 9.17) is 4.74 Å². The summed E-state index contributed by atoms with van der Waals surface area (Å²) < 4.78 is 18.7. The number of hydrogen-bond donors (Lipinski definition) is 0. The van der Waals surface area contributed by atoms with E-state index in [0.29, 0.717) is 17.2 Å². The van der Waals surface area contributed by atoms with Crippen molar-refractivity contribution in [1.29, 1.82) is 0 Å². The number of pyridine rings is 1. The molecule has 0 bridgehead atoms. The minimum atomic E-state index is -0.301. The standard InChI is InChI=1S/C23H22FN3O2/c1-26-13-15-27(16-14-26)23(28)22-4-2-3-21(25-22)17-5-9-19(10-6-17)29-20-11-7-18(24)8-12-20/h2-12H,13-16H2,1H3. The number of aromatic nitrogens is 1. The van der Waals surface area contributed by atoms with Gasteiger partial charge in [-0.3, -0.25) is 4.79 Å².